The number of nitrogens with zero attached hydrogens (tertiary/aromatic N) is 3. The van der Waals surface area contributed by atoms with Gasteiger partial charge in [0.15, 0.2) is 0 Å². The molecule has 2 rings (SSSR count). The van der Waals surface area contributed by atoms with Gasteiger partial charge in [-0.25, -0.2) is 0 Å². The van der Waals surface area contributed by atoms with Gasteiger partial charge >= 0.3 is 0 Å². The minimum atomic E-state index is -0.485. The van der Waals surface area contributed by atoms with Gasteiger partial charge in [-0.1, -0.05) is 12.2 Å². The molecule has 1 aliphatic rings. The minimum Gasteiger partial charge on any atom is -0.366 e. The summed E-state index contributed by atoms with van der Waals surface area (Å²) in [6, 6.07) is 6.43. The van der Waals surface area contributed by atoms with Crippen LogP contribution in [0.5, 0.6) is 0 Å². The van der Waals surface area contributed by atoms with Crippen molar-refractivity contribution in [3.05, 3.63) is 46.0 Å². The molecule has 1 aromatic rings. The largest absolute Gasteiger partial charge is 0.366 e. The van der Waals surface area contributed by atoms with Crippen LogP contribution in [0, 0.1) is 21.4 Å². The van der Waals surface area contributed by atoms with Crippen molar-refractivity contribution in [1.82, 2.24) is 0 Å². The van der Waals surface area contributed by atoms with Crippen molar-refractivity contribution in [2.24, 2.45) is 0 Å². The fourth-order valence-electron chi connectivity index (χ4n) is 1.86. The summed E-state index contributed by atoms with van der Waals surface area (Å²) in [5, 5.41) is 19.7. The molecule has 0 saturated heterocycles. The zero-order valence-corrected chi connectivity index (χ0v) is 9.17. The van der Waals surface area contributed by atoms with E-state index in [2.05, 4.69) is 6.08 Å². The van der Waals surface area contributed by atoms with Crippen LogP contribution in [0.4, 0.5) is 11.4 Å². The van der Waals surface area contributed by atoms with Crippen molar-refractivity contribution in [3.8, 4) is 6.07 Å². The van der Waals surface area contributed by atoms with E-state index in [-0.39, 0.29) is 5.69 Å². The lowest BCUT2D eigenvalue weighted by atomic mass is 10.1. The van der Waals surface area contributed by atoms with Crippen LogP contribution in [0.15, 0.2) is 30.4 Å². The Balaban J connectivity index is 2.38. The molecule has 0 unspecified atom stereocenters. The molecule has 0 bridgehead atoms. The van der Waals surface area contributed by atoms with Crippen LogP contribution in [0.3, 0.4) is 0 Å². The molecule has 5 heteroatoms. The van der Waals surface area contributed by atoms with E-state index in [0.717, 1.165) is 25.2 Å². The number of hydrogen-bond donors (Lipinski definition) is 0. The Kier molecular flexibility index (Phi) is 3.06. The van der Waals surface area contributed by atoms with E-state index in [4.69, 9.17) is 5.26 Å². The maximum atomic E-state index is 10.6. The van der Waals surface area contributed by atoms with E-state index in [9.17, 15) is 10.1 Å². The fourth-order valence-corrected chi connectivity index (χ4v) is 1.86. The van der Waals surface area contributed by atoms with E-state index in [0.29, 0.717) is 5.56 Å². The molecule has 1 heterocycles. The standard InChI is InChI=1S/C12H11N3O2/c13-9-10-8-11(15(16)17)4-5-12(10)14-6-2-1-3-7-14/h1-2,4-5,8H,3,6-7H2. The number of benzene rings is 1. The maximum Gasteiger partial charge on any atom is 0.270 e. The van der Waals surface area contributed by atoms with E-state index in [1.54, 1.807) is 6.07 Å². The zero-order valence-electron chi connectivity index (χ0n) is 9.17. The summed E-state index contributed by atoms with van der Waals surface area (Å²) in [6.45, 7) is 1.58. The van der Waals surface area contributed by atoms with Crippen molar-refractivity contribution in [3.63, 3.8) is 0 Å². The van der Waals surface area contributed by atoms with Gasteiger partial charge in [0.1, 0.15) is 6.07 Å². The van der Waals surface area contributed by atoms with Crippen molar-refractivity contribution >= 4 is 11.4 Å². The summed E-state index contributed by atoms with van der Waals surface area (Å²) in [4.78, 5) is 12.2. The highest BCUT2D eigenvalue weighted by atomic mass is 16.6. The second kappa shape index (κ2) is 4.66. The van der Waals surface area contributed by atoms with Gasteiger partial charge in [-0.15, -0.1) is 0 Å². The summed E-state index contributed by atoms with van der Waals surface area (Å²) in [6.07, 6.45) is 5.06. The molecule has 1 aliphatic heterocycles. The highest BCUT2D eigenvalue weighted by Gasteiger charge is 2.15. The average molecular weight is 229 g/mol. The average Bonchev–Trinajstić information content (AvgIpc) is 2.39. The third-order valence-corrected chi connectivity index (χ3v) is 2.71. The van der Waals surface area contributed by atoms with Crippen LogP contribution in [0.1, 0.15) is 12.0 Å². The first-order valence-corrected chi connectivity index (χ1v) is 5.31. The maximum absolute atomic E-state index is 10.6. The highest BCUT2D eigenvalue weighted by Crippen LogP contribution is 2.26. The van der Waals surface area contributed by atoms with Crippen molar-refractivity contribution in [1.29, 1.82) is 5.26 Å². The topological polar surface area (TPSA) is 70.2 Å². The first-order valence-electron chi connectivity index (χ1n) is 5.31. The number of non-ortho nitro benzene ring substituents is 1. The molecule has 0 radical (unpaired) electrons. The van der Waals surface area contributed by atoms with Crippen molar-refractivity contribution < 1.29 is 4.92 Å². The van der Waals surface area contributed by atoms with Crippen LogP contribution in [0.25, 0.3) is 0 Å². The van der Waals surface area contributed by atoms with Gasteiger partial charge in [-0.2, -0.15) is 5.26 Å². The molecule has 86 valence electrons. The summed E-state index contributed by atoms with van der Waals surface area (Å²) in [5.41, 5.74) is 1.08. The van der Waals surface area contributed by atoms with Gasteiger partial charge in [0.25, 0.3) is 5.69 Å². The molecule has 0 spiro atoms. The van der Waals surface area contributed by atoms with Crippen LogP contribution in [0.2, 0.25) is 0 Å². The molecule has 17 heavy (non-hydrogen) atoms. The molecule has 5 nitrogen and oxygen atoms in total. The van der Waals surface area contributed by atoms with Crippen molar-refractivity contribution in [2.75, 3.05) is 18.0 Å². The fraction of sp³-hybridized carbons (Fsp3) is 0.250. The minimum absolute atomic E-state index is 0.0437. The smallest absolute Gasteiger partial charge is 0.270 e. The molecule has 0 saturated carbocycles. The molecule has 1 aromatic carbocycles. The number of nitriles is 1. The van der Waals surface area contributed by atoms with Crippen LogP contribution >= 0.6 is 0 Å². The summed E-state index contributed by atoms with van der Waals surface area (Å²) in [5.74, 6) is 0. The Morgan fingerprint density at radius 1 is 1.41 bits per heavy atom. The number of nitro benzene ring substituents is 1. The number of rotatable bonds is 2. The first kappa shape index (κ1) is 11.1. The van der Waals surface area contributed by atoms with Crippen molar-refractivity contribution in [2.45, 2.75) is 6.42 Å². The Hall–Kier alpha value is -2.35. The molecule has 0 aliphatic carbocycles. The van der Waals surface area contributed by atoms with E-state index in [1.165, 1.54) is 12.1 Å². The Labute approximate surface area is 98.7 Å². The SMILES string of the molecule is N#Cc1cc([N+](=O)[O-])ccc1N1CC=CCC1. The van der Waals surface area contributed by atoms with Gasteiger partial charge in [-0.3, -0.25) is 10.1 Å². The van der Waals surface area contributed by atoms with Gasteiger partial charge in [0.05, 0.1) is 16.2 Å². The van der Waals surface area contributed by atoms with E-state index < -0.39 is 4.92 Å². The third-order valence-electron chi connectivity index (χ3n) is 2.71. The lowest BCUT2D eigenvalue weighted by Gasteiger charge is -2.26. The van der Waals surface area contributed by atoms with E-state index >= 15 is 0 Å². The van der Waals surface area contributed by atoms with E-state index in [1.807, 2.05) is 17.0 Å². The number of nitro groups is 1. The van der Waals surface area contributed by atoms with Gasteiger partial charge in [-0.05, 0) is 12.5 Å². The van der Waals surface area contributed by atoms with Gasteiger partial charge < -0.3 is 4.90 Å². The second-order valence-corrected chi connectivity index (χ2v) is 3.78. The summed E-state index contributed by atoms with van der Waals surface area (Å²) < 4.78 is 0. The Bertz CT molecular complexity index is 517. The molecular weight excluding hydrogens is 218 g/mol. The Morgan fingerprint density at radius 3 is 2.82 bits per heavy atom. The first-order chi connectivity index (χ1) is 8.22. The van der Waals surface area contributed by atoms with Gasteiger partial charge in [0.2, 0.25) is 0 Å². The monoisotopic (exact) mass is 229 g/mol. The molecule has 0 N–H and O–H groups in total. The Morgan fingerprint density at radius 2 is 2.24 bits per heavy atom. The van der Waals surface area contributed by atoms with Crippen LogP contribution < -0.4 is 4.90 Å². The normalized spacial score (nSPS) is 14.4. The number of hydrogen-bond acceptors (Lipinski definition) is 4. The molecular formula is C12H11N3O2. The molecule has 0 amide bonds. The second-order valence-electron chi connectivity index (χ2n) is 3.78. The summed E-state index contributed by atoms with van der Waals surface area (Å²) >= 11 is 0. The lowest BCUT2D eigenvalue weighted by Crippen LogP contribution is -2.27. The van der Waals surface area contributed by atoms with Crippen LogP contribution in [-0.4, -0.2) is 18.0 Å². The molecule has 0 fully saturated rings. The predicted molar refractivity (Wildman–Crippen MR) is 63.8 cm³/mol. The quantitative estimate of drug-likeness (QED) is 0.443. The molecule has 0 aromatic heterocycles. The third kappa shape index (κ3) is 2.26. The zero-order chi connectivity index (χ0) is 12.3. The van der Waals surface area contributed by atoms with Crippen LogP contribution in [-0.2, 0) is 0 Å². The lowest BCUT2D eigenvalue weighted by molar-refractivity contribution is -0.384. The molecule has 0 atom stereocenters. The predicted octanol–water partition coefficient (Wildman–Crippen LogP) is 2.23. The summed E-state index contributed by atoms with van der Waals surface area (Å²) in [7, 11) is 0. The number of anilines is 1. The van der Waals surface area contributed by atoms with Gasteiger partial charge in [0, 0.05) is 25.2 Å². The highest BCUT2D eigenvalue weighted by molar-refractivity contribution is 5.63.